The third kappa shape index (κ3) is 3.98. The lowest BCUT2D eigenvalue weighted by Gasteiger charge is -2.17. The number of imide groups is 1. The van der Waals surface area contributed by atoms with Gasteiger partial charge in [0.15, 0.2) is 0 Å². The number of methoxy groups -OCH3 is 1. The molecule has 2 aromatic rings. The Hall–Kier alpha value is -3.06. The molecule has 4 rings (SSSR count). The number of carbonyl (C=O) groups is 3. The van der Waals surface area contributed by atoms with Gasteiger partial charge in [-0.3, -0.25) is 19.3 Å². The summed E-state index contributed by atoms with van der Waals surface area (Å²) in [6.07, 6.45) is 3.32. The maximum absolute atomic E-state index is 12.7. The van der Waals surface area contributed by atoms with Gasteiger partial charge in [-0.25, -0.2) is 0 Å². The zero-order chi connectivity index (χ0) is 21.1. The molecule has 1 aliphatic carbocycles. The Labute approximate surface area is 179 Å². The van der Waals surface area contributed by atoms with Crippen molar-refractivity contribution in [3.05, 3.63) is 70.6 Å². The highest BCUT2D eigenvalue weighted by atomic mass is 32.2. The number of carbonyl (C=O) groups excluding carboxylic acids is 3. The zero-order valence-electron chi connectivity index (χ0n) is 16.6. The SMILES string of the molecule is COc1ccc(C=C2SC(=O)N(CCNC(=O)C3(c4ccccc4)CC3)C2=O)cc1. The van der Waals surface area contributed by atoms with Crippen LogP contribution in [0.15, 0.2) is 59.5 Å². The van der Waals surface area contributed by atoms with Gasteiger partial charge in [0.2, 0.25) is 5.91 Å². The fourth-order valence-corrected chi connectivity index (χ4v) is 4.39. The summed E-state index contributed by atoms with van der Waals surface area (Å²) in [5.41, 5.74) is 1.36. The van der Waals surface area contributed by atoms with Crippen LogP contribution in [0.3, 0.4) is 0 Å². The van der Waals surface area contributed by atoms with Gasteiger partial charge in [0, 0.05) is 13.1 Å². The molecule has 0 spiro atoms. The van der Waals surface area contributed by atoms with E-state index in [0.717, 1.165) is 41.5 Å². The molecular formula is C23H22N2O4S. The monoisotopic (exact) mass is 422 g/mol. The summed E-state index contributed by atoms with van der Waals surface area (Å²) in [7, 11) is 1.59. The predicted octanol–water partition coefficient (Wildman–Crippen LogP) is 3.58. The molecular weight excluding hydrogens is 400 g/mol. The van der Waals surface area contributed by atoms with Crippen molar-refractivity contribution in [2.45, 2.75) is 18.3 Å². The van der Waals surface area contributed by atoms with Gasteiger partial charge in [-0.05, 0) is 53.9 Å². The second kappa shape index (κ2) is 8.36. The first kappa shape index (κ1) is 20.2. The molecule has 3 amide bonds. The molecule has 1 saturated heterocycles. The number of nitrogens with one attached hydrogen (secondary N) is 1. The molecule has 1 N–H and O–H groups in total. The minimum absolute atomic E-state index is 0.0468. The van der Waals surface area contributed by atoms with Crippen LogP contribution in [0, 0.1) is 0 Å². The molecule has 0 unspecified atom stereocenters. The lowest BCUT2D eigenvalue weighted by molar-refractivity contribution is -0.125. The molecule has 2 aliphatic rings. The zero-order valence-corrected chi connectivity index (χ0v) is 17.4. The average Bonchev–Trinajstić information content (AvgIpc) is 3.54. The highest BCUT2D eigenvalue weighted by Gasteiger charge is 2.51. The Balaban J connectivity index is 1.35. The summed E-state index contributed by atoms with van der Waals surface area (Å²) >= 11 is 0.915. The second-order valence-electron chi connectivity index (χ2n) is 7.31. The average molecular weight is 423 g/mol. The summed E-state index contributed by atoms with van der Waals surface area (Å²) in [6.45, 7) is 0.391. The number of benzene rings is 2. The normalized spacial score (nSPS) is 18.6. The Morgan fingerprint density at radius 1 is 1.13 bits per heavy atom. The van der Waals surface area contributed by atoms with E-state index in [9.17, 15) is 14.4 Å². The first-order valence-electron chi connectivity index (χ1n) is 9.77. The van der Waals surface area contributed by atoms with Crippen molar-refractivity contribution >= 4 is 34.9 Å². The van der Waals surface area contributed by atoms with Crippen LogP contribution in [0.4, 0.5) is 4.79 Å². The summed E-state index contributed by atoms with van der Waals surface area (Å²) in [5.74, 6) is 0.341. The number of thioether (sulfide) groups is 1. The molecule has 0 radical (unpaired) electrons. The number of hydrogen-bond donors (Lipinski definition) is 1. The Kier molecular flexibility index (Phi) is 5.63. The van der Waals surface area contributed by atoms with Crippen molar-refractivity contribution in [3.63, 3.8) is 0 Å². The molecule has 0 aromatic heterocycles. The Morgan fingerprint density at radius 3 is 2.47 bits per heavy atom. The quantitative estimate of drug-likeness (QED) is 0.691. The number of rotatable bonds is 7. The van der Waals surface area contributed by atoms with E-state index in [1.54, 1.807) is 25.3 Å². The van der Waals surface area contributed by atoms with E-state index in [1.807, 2.05) is 42.5 Å². The first-order valence-corrected chi connectivity index (χ1v) is 10.6. The molecule has 7 heteroatoms. The molecule has 6 nitrogen and oxygen atoms in total. The number of hydrogen-bond acceptors (Lipinski definition) is 5. The highest BCUT2D eigenvalue weighted by molar-refractivity contribution is 8.18. The van der Waals surface area contributed by atoms with Gasteiger partial charge in [0.1, 0.15) is 5.75 Å². The van der Waals surface area contributed by atoms with Gasteiger partial charge in [-0.1, -0.05) is 42.5 Å². The molecule has 1 heterocycles. The van der Waals surface area contributed by atoms with Gasteiger partial charge >= 0.3 is 0 Å². The van der Waals surface area contributed by atoms with Crippen LogP contribution in [-0.4, -0.2) is 42.2 Å². The number of nitrogens with zero attached hydrogens (tertiary/aromatic N) is 1. The smallest absolute Gasteiger partial charge is 0.293 e. The van der Waals surface area contributed by atoms with Crippen LogP contribution >= 0.6 is 11.8 Å². The van der Waals surface area contributed by atoms with E-state index in [0.29, 0.717) is 4.91 Å². The van der Waals surface area contributed by atoms with E-state index in [2.05, 4.69) is 5.32 Å². The molecule has 30 heavy (non-hydrogen) atoms. The van der Waals surface area contributed by atoms with E-state index in [1.165, 1.54) is 4.90 Å². The lowest BCUT2D eigenvalue weighted by atomic mass is 9.95. The van der Waals surface area contributed by atoms with Crippen molar-refractivity contribution in [2.24, 2.45) is 0 Å². The largest absolute Gasteiger partial charge is 0.497 e. The molecule has 1 aliphatic heterocycles. The van der Waals surface area contributed by atoms with Crippen LogP contribution in [0.1, 0.15) is 24.0 Å². The molecule has 2 fully saturated rings. The van der Waals surface area contributed by atoms with Crippen molar-refractivity contribution in [1.82, 2.24) is 10.2 Å². The summed E-state index contributed by atoms with van der Waals surface area (Å²) < 4.78 is 5.12. The summed E-state index contributed by atoms with van der Waals surface area (Å²) in [5, 5.41) is 2.58. The van der Waals surface area contributed by atoms with Crippen LogP contribution in [0.25, 0.3) is 6.08 Å². The minimum atomic E-state index is -0.464. The Morgan fingerprint density at radius 2 is 1.83 bits per heavy atom. The molecule has 0 atom stereocenters. The second-order valence-corrected chi connectivity index (χ2v) is 8.30. The molecule has 2 aromatic carbocycles. The number of ether oxygens (including phenoxy) is 1. The fraction of sp³-hybridized carbons (Fsp3) is 0.261. The van der Waals surface area contributed by atoms with Crippen LogP contribution in [0.5, 0.6) is 5.75 Å². The standard InChI is InChI=1S/C23H22N2O4S/c1-29-18-9-7-16(8-10-18)15-19-20(26)25(22(28)30-19)14-13-24-21(27)23(11-12-23)17-5-3-2-4-6-17/h2-10,15H,11-14H2,1H3,(H,24,27). The maximum atomic E-state index is 12.7. The van der Waals surface area contributed by atoms with E-state index in [-0.39, 0.29) is 30.1 Å². The van der Waals surface area contributed by atoms with Crippen molar-refractivity contribution < 1.29 is 19.1 Å². The third-order valence-electron chi connectivity index (χ3n) is 5.42. The highest BCUT2D eigenvalue weighted by Crippen LogP contribution is 2.48. The van der Waals surface area contributed by atoms with E-state index >= 15 is 0 Å². The third-order valence-corrected chi connectivity index (χ3v) is 6.33. The number of amides is 3. The maximum Gasteiger partial charge on any atom is 0.293 e. The van der Waals surface area contributed by atoms with Crippen molar-refractivity contribution in [1.29, 1.82) is 0 Å². The summed E-state index contributed by atoms with van der Waals surface area (Å²) in [6, 6.07) is 17.0. The topological polar surface area (TPSA) is 75.7 Å². The van der Waals surface area contributed by atoms with Gasteiger partial charge in [-0.2, -0.15) is 0 Å². The predicted molar refractivity (Wildman–Crippen MR) is 116 cm³/mol. The first-order chi connectivity index (χ1) is 14.5. The van der Waals surface area contributed by atoms with Crippen molar-refractivity contribution in [3.8, 4) is 5.75 Å². The van der Waals surface area contributed by atoms with Gasteiger partial charge in [-0.15, -0.1) is 0 Å². The molecule has 154 valence electrons. The van der Waals surface area contributed by atoms with E-state index < -0.39 is 5.41 Å². The lowest BCUT2D eigenvalue weighted by Crippen LogP contribution is -2.41. The van der Waals surface area contributed by atoms with Gasteiger partial charge in [0.05, 0.1) is 17.4 Å². The van der Waals surface area contributed by atoms with Gasteiger partial charge < -0.3 is 10.1 Å². The van der Waals surface area contributed by atoms with E-state index in [4.69, 9.17) is 4.74 Å². The van der Waals surface area contributed by atoms with Gasteiger partial charge in [0.25, 0.3) is 11.1 Å². The van der Waals surface area contributed by atoms with Crippen LogP contribution in [0.2, 0.25) is 0 Å². The minimum Gasteiger partial charge on any atom is -0.497 e. The fourth-order valence-electron chi connectivity index (χ4n) is 3.52. The summed E-state index contributed by atoms with van der Waals surface area (Å²) in [4.78, 5) is 39.2. The molecule has 1 saturated carbocycles. The Bertz CT molecular complexity index is 998. The van der Waals surface area contributed by atoms with Crippen LogP contribution in [-0.2, 0) is 15.0 Å². The molecule has 0 bridgehead atoms. The van der Waals surface area contributed by atoms with Crippen molar-refractivity contribution in [2.75, 3.05) is 20.2 Å². The van der Waals surface area contributed by atoms with Crippen LogP contribution < -0.4 is 10.1 Å².